The van der Waals surface area contributed by atoms with Crippen molar-refractivity contribution in [3.63, 3.8) is 0 Å². The van der Waals surface area contributed by atoms with E-state index >= 15 is 0 Å². The van der Waals surface area contributed by atoms with Crippen molar-refractivity contribution >= 4 is 46.6 Å². The van der Waals surface area contributed by atoms with Crippen LogP contribution in [0.5, 0.6) is 0 Å². The summed E-state index contributed by atoms with van der Waals surface area (Å²) < 4.78 is 4.40. The van der Waals surface area contributed by atoms with Crippen molar-refractivity contribution in [1.82, 2.24) is 4.57 Å². The molecule has 0 radical (unpaired) electrons. The third-order valence-electron chi connectivity index (χ3n) is 3.95. The molecular formula is C14H16Cl3NO3. The first-order chi connectivity index (χ1) is 9.56. The molecule has 1 saturated carbocycles. The highest BCUT2D eigenvalue weighted by atomic mass is 35.6. The lowest BCUT2D eigenvalue weighted by Gasteiger charge is -2.09. The fourth-order valence-electron chi connectivity index (χ4n) is 2.35. The van der Waals surface area contributed by atoms with Crippen LogP contribution in [-0.4, -0.2) is 27.2 Å². The summed E-state index contributed by atoms with van der Waals surface area (Å²) in [4.78, 5) is 23.8. The lowest BCUT2D eigenvalue weighted by molar-refractivity contribution is 0.0587. The monoisotopic (exact) mass is 351 g/mol. The molecule has 1 unspecified atom stereocenters. The average molecular weight is 353 g/mol. The second-order valence-electron chi connectivity index (χ2n) is 5.97. The van der Waals surface area contributed by atoms with E-state index in [2.05, 4.69) is 13.8 Å². The quantitative estimate of drug-likeness (QED) is 0.469. The van der Waals surface area contributed by atoms with E-state index in [4.69, 9.17) is 39.5 Å². The van der Waals surface area contributed by atoms with Crippen molar-refractivity contribution in [3.8, 4) is 0 Å². The van der Waals surface area contributed by atoms with Crippen LogP contribution in [0, 0.1) is 11.3 Å². The van der Waals surface area contributed by atoms with Crippen molar-refractivity contribution < 1.29 is 14.3 Å². The molecule has 0 aliphatic heterocycles. The van der Waals surface area contributed by atoms with Gasteiger partial charge in [-0.25, -0.2) is 4.79 Å². The maximum atomic E-state index is 12.0. The number of Topliss-reactive ketones (excluding diaryl/α,β-unsaturated/α-hetero) is 1. The molecule has 116 valence electrons. The highest BCUT2D eigenvalue weighted by Crippen LogP contribution is 2.52. The van der Waals surface area contributed by atoms with E-state index in [1.165, 1.54) is 13.2 Å². The molecule has 1 aliphatic rings. The molecule has 1 aromatic rings. The van der Waals surface area contributed by atoms with Gasteiger partial charge in [-0.2, -0.15) is 0 Å². The summed E-state index contributed by atoms with van der Waals surface area (Å²) in [5, 5.41) is 0. The highest BCUT2D eigenvalue weighted by Gasteiger charge is 2.46. The van der Waals surface area contributed by atoms with Gasteiger partial charge in [0.1, 0.15) is 5.69 Å². The number of methoxy groups -OCH3 is 1. The van der Waals surface area contributed by atoms with E-state index in [1.807, 2.05) is 0 Å². The van der Waals surface area contributed by atoms with Crippen LogP contribution in [0.1, 0.15) is 41.1 Å². The first-order valence-corrected chi connectivity index (χ1v) is 7.59. The zero-order valence-corrected chi connectivity index (χ0v) is 14.2. The van der Waals surface area contributed by atoms with Gasteiger partial charge in [-0.1, -0.05) is 48.7 Å². The molecule has 0 saturated heterocycles. The Bertz CT molecular complexity index is 587. The Balaban J connectivity index is 2.32. The summed E-state index contributed by atoms with van der Waals surface area (Å²) in [7, 11) is 1.29. The van der Waals surface area contributed by atoms with Crippen molar-refractivity contribution in [2.45, 2.75) is 30.6 Å². The lowest BCUT2D eigenvalue weighted by atomic mass is 10.1. The molecule has 0 N–H and O–H groups in total. The molecule has 1 aromatic heterocycles. The SMILES string of the molecule is COC(=O)c1cc(C(=O)C(Cl)(Cl)Cl)cn1CC1CC1(C)C. The molecule has 1 atom stereocenters. The molecule has 0 bridgehead atoms. The molecule has 4 nitrogen and oxygen atoms in total. The number of carbonyl (C=O) groups excluding carboxylic acids is 2. The number of rotatable bonds is 4. The summed E-state index contributed by atoms with van der Waals surface area (Å²) in [6.07, 6.45) is 2.62. The third kappa shape index (κ3) is 3.55. The van der Waals surface area contributed by atoms with Gasteiger partial charge in [-0.3, -0.25) is 4.79 Å². The first kappa shape index (κ1) is 16.7. The van der Waals surface area contributed by atoms with Gasteiger partial charge < -0.3 is 9.30 Å². The topological polar surface area (TPSA) is 48.3 Å². The van der Waals surface area contributed by atoms with Crippen LogP contribution in [0.2, 0.25) is 0 Å². The van der Waals surface area contributed by atoms with Crippen LogP contribution < -0.4 is 0 Å². The second-order valence-corrected chi connectivity index (χ2v) is 8.26. The van der Waals surface area contributed by atoms with Crippen LogP contribution in [0.3, 0.4) is 0 Å². The van der Waals surface area contributed by atoms with Gasteiger partial charge in [0, 0.05) is 18.3 Å². The Kier molecular flexibility index (Phi) is 4.35. The van der Waals surface area contributed by atoms with Gasteiger partial charge >= 0.3 is 5.97 Å². The molecule has 21 heavy (non-hydrogen) atoms. The summed E-state index contributed by atoms with van der Waals surface area (Å²) in [6, 6.07) is 1.41. The van der Waals surface area contributed by atoms with Crippen molar-refractivity contribution in [2.24, 2.45) is 11.3 Å². The third-order valence-corrected chi connectivity index (χ3v) is 4.46. The number of esters is 1. The number of ketones is 1. The number of halogens is 3. The Morgan fingerprint density at radius 1 is 1.43 bits per heavy atom. The molecule has 1 fully saturated rings. The molecule has 7 heteroatoms. The van der Waals surface area contributed by atoms with Gasteiger partial charge in [-0.05, 0) is 23.8 Å². The maximum Gasteiger partial charge on any atom is 0.354 e. The highest BCUT2D eigenvalue weighted by molar-refractivity contribution is 6.77. The summed E-state index contributed by atoms with van der Waals surface area (Å²) in [6.45, 7) is 4.95. The fraction of sp³-hybridized carbons (Fsp3) is 0.571. The van der Waals surface area contributed by atoms with Crippen LogP contribution in [0.15, 0.2) is 12.3 Å². The number of alkyl halides is 3. The molecule has 2 rings (SSSR count). The predicted octanol–water partition coefficient (Wildman–Crippen LogP) is 3.87. The zero-order valence-electron chi connectivity index (χ0n) is 12.0. The molecular weight excluding hydrogens is 337 g/mol. The minimum atomic E-state index is -2.04. The summed E-state index contributed by atoms with van der Waals surface area (Å²) >= 11 is 16.8. The second kappa shape index (κ2) is 5.49. The normalized spacial score (nSPS) is 20.2. The average Bonchev–Trinajstić information content (AvgIpc) is 2.80. The van der Waals surface area contributed by atoms with Crippen molar-refractivity contribution in [1.29, 1.82) is 0 Å². The number of hydrogen-bond donors (Lipinski definition) is 0. The van der Waals surface area contributed by atoms with Crippen LogP contribution >= 0.6 is 34.8 Å². The predicted molar refractivity (Wildman–Crippen MR) is 82.3 cm³/mol. The number of hydrogen-bond acceptors (Lipinski definition) is 3. The molecule has 1 heterocycles. The van der Waals surface area contributed by atoms with E-state index in [9.17, 15) is 9.59 Å². The Morgan fingerprint density at radius 2 is 2.00 bits per heavy atom. The van der Waals surface area contributed by atoms with Crippen LogP contribution in [0.4, 0.5) is 0 Å². The minimum Gasteiger partial charge on any atom is -0.464 e. The van der Waals surface area contributed by atoms with E-state index in [-0.39, 0.29) is 16.7 Å². The Labute approximate surface area is 138 Å². The summed E-state index contributed by atoms with van der Waals surface area (Å²) in [5.74, 6) is -0.729. The molecule has 0 spiro atoms. The van der Waals surface area contributed by atoms with Gasteiger partial charge in [-0.15, -0.1) is 0 Å². The van der Waals surface area contributed by atoms with Gasteiger partial charge in [0.25, 0.3) is 3.79 Å². The van der Waals surface area contributed by atoms with E-state index in [0.29, 0.717) is 12.5 Å². The van der Waals surface area contributed by atoms with Crippen LogP contribution in [0.25, 0.3) is 0 Å². The van der Waals surface area contributed by atoms with Crippen molar-refractivity contribution in [2.75, 3.05) is 7.11 Å². The molecule has 0 aromatic carbocycles. The number of carbonyl (C=O) groups is 2. The van der Waals surface area contributed by atoms with E-state index in [0.717, 1.165) is 6.42 Å². The smallest absolute Gasteiger partial charge is 0.354 e. The number of nitrogens with zero attached hydrogens (tertiary/aromatic N) is 1. The van der Waals surface area contributed by atoms with E-state index in [1.54, 1.807) is 10.8 Å². The fourth-order valence-corrected chi connectivity index (χ4v) is 2.68. The summed E-state index contributed by atoms with van der Waals surface area (Å²) in [5.41, 5.74) is 0.725. The Hall–Kier alpha value is -0.710. The van der Waals surface area contributed by atoms with E-state index < -0.39 is 15.5 Å². The number of ether oxygens (including phenoxy) is 1. The maximum absolute atomic E-state index is 12.0. The lowest BCUT2D eigenvalue weighted by Crippen LogP contribution is -2.18. The largest absolute Gasteiger partial charge is 0.464 e. The van der Waals surface area contributed by atoms with Gasteiger partial charge in [0.2, 0.25) is 5.78 Å². The first-order valence-electron chi connectivity index (χ1n) is 6.46. The van der Waals surface area contributed by atoms with Crippen molar-refractivity contribution in [3.05, 3.63) is 23.5 Å². The molecule has 1 aliphatic carbocycles. The number of aromatic nitrogens is 1. The Morgan fingerprint density at radius 3 is 2.43 bits per heavy atom. The minimum absolute atomic E-state index is 0.189. The zero-order chi connectivity index (χ0) is 16.0. The van der Waals surface area contributed by atoms with Gasteiger partial charge in [0.05, 0.1) is 7.11 Å². The standard InChI is InChI=1S/C14H16Cl3NO3/c1-13(2)5-9(13)7-18-6-8(11(19)14(15,16)17)4-10(18)12(20)21-3/h4,6,9H,5,7H2,1-3H3. The van der Waals surface area contributed by atoms with Crippen LogP contribution in [-0.2, 0) is 11.3 Å². The molecule has 0 amide bonds. The van der Waals surface area contributed by atoms with Gasteiger partial charge in [0.15, 0.2) is 0 Å².